The second-order valence-corrected chi connectivity index (χ2v) is 6.60. The predicted octanol–water partition coefficient (Wildman–Crippen LogP) is 1.97. The van der Waals surface area contributed by atoms with Crippen molar-refractivity contribution in [2.45, 2.75) is 32.8 Å². The molecule has 0 radical (unpaired) electrons. The van der Waals surface area contributed by atoms with Crippen molar-refractivity contribution < 1.29 is 19.4 Å². The van der Waals surface area contributed by atoms with Gasteiger partial charge in [0.05, 0.1) is 5.92 Å². The van der Waals surface area contributed by atoms with Crippen LogP contribution in [-0.4, -0.2) is 40.8 Å². The molecule has 1 fully saturated rings. The number of thioether (sulfide) groups is 1. The SMILES string of the molecule is CC(C)(C)OC(=O)NC[C@@H]1CCSC[C@@H]1C(=O)O. The first-order chi connectivity index (χ1) is 8.29. The summed E-state index contributed by atoms with van der Waals surface area (Å²) in [6.07, 6.45) is 0.335. The van der Waals surface area contributed by atoms with Crippen LogP contribution in [0, 0.1) is 11.8 Å². The van der Waals surface area contributed by atoms with Gasteiger partial charge in [-0.05, 0) is 38.9 Å². The van der Waals surface area contributed by atoms with Crippen molar-refractivity contribution in [3.8, 4) is 0 Å². The molecule has 0 bridgehead atoms. The third-order valence-corrected chi connectivity index (χ3v) is 3.84. The van der Waals surface area contributed by atoms with E-state index < -0.39 is 17.7 Å². The maximum atomic E-state index is 11.5. The molecule has 1 aliphatic heterocycles. The summed E-state index contributed by atoms with van der Waals surface area (Å²) in [6, 6.07) is 0. The van der Waals surface area contributed by atoms with E-state index in [1.54, 1.807) is 32.5 Å². The van der Waals surface area contributed by atoms with Crippen molar-refractivity contribution in [2.24, 2.45) is 11.8 Å². The Bertz CT molecular complexity index is 314. The van der Waals surface area contributed by atoms with Crippen molar-refractivity contribution in [3.05, 3.63) is 0 Å². The van der Waals surface area contributed by atoms with E-state index in [9.17, 15) is 9.59 Å². The number of nitrogens with one attached hydrogen (secondary N) is 1. The molecule has 6 heteroatoms. The van der Waals surface area contributed by atoms with Crippen LogP contribution in [0.5, 0.6) is 0 Å². The molecular formula is C12H21NO4S. The van der Waals surface area contributed by atoms with E-state index in [4.69, 9.17) is 9.84 Å². The molecule has 1 aliphatic rings. The number of ether oxygens (including phenoxy) is 1. The number of aliphatic carboxylic acids is 1. The summed E-state index contributed by atoms with van der Waals surface area (Å²) in [5, 5.41) is 11.8. The van der Waals surface area contributed by atoms with Gasteiger partial charge in [-0.25, -0.2) is 4.79 Å². The van der Waals surface area contributed by atoms with E-state index in [1.807, 2.05) is 0 Å². The minimum atomic E-state index is -0.779. The monoisotopic (exact) mass is 275 g/mol. The molecule has 18 heavy (non-hydrogen) atoms. The van der Waals surface area contributed by atoms with E-state index in [0.29, 0.717) is 12.3 Å². The molecular weight excluding hydrogens is 254 g/mol. The first kappa shape index (κ1) is 15.1. The molecule has 0 unspecified atom stereocenters. The number of rotatable bonds is 3. The molecule has 1 heterocycles. The Kier molecular flexibility index (Phi) is 5.31. The molecule has 0 saturated carbocycles. The summed E-state index contributed by atoms with van der Waals surface area (Å²) >= 11 is 1.65. The number of alkyl carbamates (subject to hydrolysis) is 1. The number of amides is 1. The van der Waals surface area contributed by atoms with Crippen LogP contribution in [0.4, 0.5) is 4.79 Å². The molecule has 1 saturated heterocycles. The molecule has 2 atom stereocenters. The quantitative estimate of drug-likeness (QED) is 0.823. The van der Waals surface area contributed by atoms with Crippen LogP contribution in [0.15, 0.2) is 0 Å². The number of carboxylic acid groups (broad SMARTS) is 1. The first-order valence-electron chi connectivity index (χ1n) is 6.07. The third-order valence-electron chi connectivity index (χ3n) is 2.72. The molecule has 5 nitrogen and oxygen atoms in total. The molecule has 0 aliphatic carbocycles. The van der Waals surface area contributed by atoms with Crippen LogP contribution in [0.2, 0.25) is 0 Å². The highest BCUT2D eigenvalue weighted by Gasteiger charge is 2.31. The zero-order valence-corrected chi connectivity index (χ0v) is 11.9. The Balaban J connectivity index is 2.41. The minimum Gasteiger partial charge on any atom is -0.481 e. The van der Waals surface area contributed by atoms with Crippen molar-refractivity contribution in [3.63, 3.8) is 0 Å². The molecule has 0 spiro atoms. The second kappa shape index (κ2) is 6.31. The highest BCUT2D eigenvalue weighted by molar-refractivity contribution is 7.99. The second-order valence-electron chi connectivity index (χ2n) is 5.45. The van der Waals surface area contributed by atoms with Gasteiger partial charge in [0.25, 0.3) is 0 Å². The van der Waals surface area contributed by atoms with Crippen LogP contribution in [-0.2, 0) is 9.53 Å². The summed E-state index contributed by atoms with van der Waals surface area (Å²) in [5.74, 6) is 0.411. The van der Waals surface area contributed by atoms with Gasteiger partial charge in [0.1, 0.15) is 5.60 Å². The Morgan fingerprint density at radius 1 is 1.44 bits per heavy atom. The van der Waals surface area contributed by atoms with Gasteiger partial charge < -0.3 is 15.2 Å². The lowest BCUT2D eigenvalue weighted by atomic mass is 9.91. The van der Waals surface area contributed by atoms with Crippen LogP contribution < -0.4 is 5.32 Å². The average molecular weight is 275 g/mol. The van der Waals surface area contributed by atoms with Crippen LogP contribution in [0.25, 0.3) is 0 Å². The predicted molar refractivity (Wildman–Crippen MR) is 70.8 cm³/mol. The van der Waals surface area contributed by atoms with Crippen molar-refractivity contribution >= 4 is 23.8 Å². The third kappa shape index (κ3) is 5.16. The Morgan fingerprint density at radius 3 is 2.67 bits per heavy atom. The van der Waals surface area contributed by atoms with Gasteiger partial charge in [-0.1, -0.05) is 0 Å². The smallest absolute Gasteiger partial charge is 0.407 e. The number of hydrogen-bond acceptors (Lipinski definition) is 4. The van der Waals surface area contributed by atoms with Gasteiger partial charge in [-0.2, -0.15) is 11.8 Å². The normalized spacial score (nSPS) is 24.4. The molecule has 1 amide bonds. The minimum absolute atomic E-state index is 0.00346. The topological polar surface area (TPSA) is 75.6 Å². The molecule has 0 aromatic heterocycles. The molecule has 1 rings (SSSR count). The van der Waals surface area contributed by atoms with Gasteiger partial charge in [-0.15, -0.1) is 0 Å². The average Bonchev–Trinajstić information content (AvgIpc) is 2.24. The van der Waals surface area contributed by atoms with Crippen molar-refractivity contribution in [1.29, 1.82) is 0 Å². The van der Waals surface area contributed by atoms with E-state index >= 15 is 0 Å². The summed E-state index contributed by atoms with van der Waals surface area (Å²) < 4.78 is 5.12. The lowest BCUT2D eigenvalue weighted by Crippen LogP contribution is -2.40. The van der Waals surface area contributed by atoms with Gasteiger partial charge in [-0.3, -0.25) is 4.79 Å². The van der Waals surface area contributed by atoms with E-state index in [1.165, 1.54) is 0 Å². The standard InChI is InChI=1S/C12H21NO4S/c1-12(2,3)17-11(16)13-6-8-4-5-18-7-9(8)10(14)15/h8-9H,4-7H2,1-3H3,(H,13,16)(H,14,15)/t8-,9-/m0/s1. The van der Waals surface area contributed by atoms with Gasteiger partial charge in [0.2, 0.25) is 0 Å². The zero-order valence-electron chi connectivity index (χ0n) is 11.1. The van der Waals surface area contributed by atoms with Gasteiger partial charge >= 0.3 is 12.1 Å². The fourth-order valence-electron chi connectivity index (χ4n) is 1.83. The highest BCUT2D eigenvalue weighted by Crippen LogP contribution is 2.28. The molecule has 104 valence electrons. The number of carbonyl (C=O) groups is 2. The van der Waals surface area contributed by atoms with Crippen LogP contribution >= 0.6 is 11.8 Å². The van der Waals surface area contributed by atoms with E-state index in [0.717, 1.165) is 12.2 Å². The van der Waals surface area contributed by atoms with Crippen LogP contribution in [0.3, 0.4) is 0 Å². The van der Waals surface area contributed by atoms with Gasteiger partial charge in [0.15, 0.2) is 0 Å². The maximum Gasteiger partial charge on any atom is 0.407 e. The number of carboxylic acids is 1. The lowest BCUT2D eigenvalue weighted by molar-refractivity contribution is -0.142. The Morgan fingerprint density at radius 2 is 2.11 bits per heavy atom. The maximum absolute atomic E-state index is 11.5. The number of hydrogen-bond donors (Lipinski definition) is 2. The first-order valence-corrected chi connectivity index (χ1v) is 7.22. The molecule has 0 aromatic carbocycles. The van der Waals surface area contributed by atoms with Crippen molar-refractivity contribution in [2.75, 3.05) is 18.1 Å². The van der Waals surface area contributed by atoms with Crippen LogP contribution in [0.1, 0.15) is 27.2 Å². The summed E-state index contributed by atoms with van der Waals surface area (Å²) in [7, 11) is 0. The van der Waals surface area contributed by atoms with Gasteiger partial charge in [0, 0.05) is 12.3 Å². The highest BCUT2D eigenvalue weighted by atomic mass is 32.2. The fourth-order valence-corrected chi connectivity index (χ4v) is 3.13. The summed E-state index contributed by atoms with van der Waals surface area (Å²) in [6.45, 7) is 5.75. The lowest BCUT2D eigenvalue weighted by Gasteiger charge is -2.28. The van der Waals surface area contributed by atoms with Crippen molar-refractivity contribution in [1.82, 2.24) is 5.32 Å². The number of carbonyl (C=O) groups excluding carboxylic acids is 1. The fraction of sp³-hybridized carbons (Fsp3) is 0.833. The molecule has 0 aromatic rings. The molecule has 2 N–H and O–H groups in total. The summed E-state index contributed by atoms with van der Waals surface area (Å²) in [5.41, 5.74) is -0.529. The Labute approximate surface area is 112 Å². The Hall–Kier alpha value is -0.910. The summed E-state index contributed by atoms with van der Waals surface area (Å²) in [4.78, 5) is 22.6. The van der Waals surface area contributed by atoms with E-state index in [-0.39, 0.29) is 11.8 Å². The van der Waals surface area contributed by atoms with E-state index in [2.05, 4.69) is 5.32 Å². The largest absolute Gasteiger partial charge is 0.481 e. The zero-order chi connectivity index (χ0) is 13.8.